The fourth-order valence-corrected chi connectivity index (χ4v) is 3.85. The van der Waals surface area contributed by atoms with Gasteiger partial charge in [0.05, 0.1) is 0 Å². The van der Waals surface area contributed by atoms with Crippen molar-refractivity contribution in [1.82, 2.24) is 9.71 Å². The van der Waals surface area contributed by atoms with Crippen molar-refractivity contribution in [3.8, 4) is 0 Å². The molecule has 1 fully saturated rings. The van der Waals surface area contributed by atoms with Gasteiger partial charge in [0.2, 0.25) is 10.0 Å². The van der Waals surface area contributed by atoms with Gasteiger partial charge in [-0.3, -0.25) is 0 Å². The standard InChI is InChI=1S/C10H12BrClN2O2S/c1-6(7-2-3-7)14-17(15,16)9-4-8(11)5-13-10(9)12/h4-7,14H,2-3H2,1H3. The molecule has 0 radical (unpaired) electrons. The lowest BCUT2D eigenvalue weighted by atomic mass is 10.2. The quantitative estimate of drug-likeness (QED) is 0.858. The van der Waals surface area contributed by atoms with Gasteiger partial charge in [-0.15, -0.1) is 0 Å². The SMILES string of the molecule is CC(NS(=O)(=O)c1cc(Br)cnc1Cl)C1CC1. The van der Waals surface area contributed by atoms with Crippen LogP contribution in [0.5, 0.6) is 0 Å². The number of rotatable bonds is 4. The van der Waals surface area contributed by atoms with Crippen molar-refractivity contribution in [3.63, 3.8) is 0 Å². The first-order chi connectivity index (χ1) is 7.90. The van der Waals surface area contributed by atoms with Crippen LogP contribution in [-0.2, 0) is 10.0 Å². The van der Waals surface area contributed by atoms with Crippen LogP contribution >= 0.6 is 27.5 Å². The van der Waals surface area contributed by atoms with Crippen molar-refractivity contribution in [3.05, 3.63) is 21.9 Å². The lowest BCUT2D eigenvalue weighted by molar-refractivity contribution is 0.538. The van der Waals surface area contributed by atoms with Crippen molar-refractivity contribution in [2.75, 3.05) is 0 Å². The van der Waals surface area contributed by atoms with Gasteiger partial charge < -0.3 is 0 Å². The van der Waals surface area contributed by atoms with E-state index in [0.29, 0.717) is 10.4 Å². The summed E-state index contributed by atoms with van der Waals surface area (Å²) in [5, 5.41) is -0.0105. The Labute approximate surface area is 114 Å². The maximum absolute atomic E-state index is 12.1. The minimum atomic E-state index is -3.59. The van der Waals surface area contributed by atoms with Crippen LogP contribution in [0.2, 0.25) is 5.15 Å². The molecule has 0 aliphatic heterocycles. The molecule has 1 aliphatic rings. The molecule has 1 unspecified atom stereocenters. The van der Waals surface area contributed by atoms with E-state index in [4.69, 9.17) is 11.6 Å². The first kappa shape index (κ1) is 13.3. The van der Waals surface area contributed by atoms with Gasteiger partial charge in [-0.05, 0) is 47.7 Å². The first-order valence-corrected chi connectivity index (χ1v) is 7.89. The summed E-state index contributed by atoms with van der Waals surface area (Å²) in [6, 6.07) is 1.40. The zero-order valence-corrected chi connectivity index (χ0v) is 12.3. The van der Waals surface area contributed by atoms with Gasteiger partial charge in [0.25, 0.3) is 0 Å². The van der Waals surface area contributed by atoms with Crippen LogP contribution < -0.4 is 4.72 Å². The number of hydrogen-bond acceptors (Lipinski definition) is 3. The van der Waals surface area contributed by atoms with Crippen LogP contribution in [0.25, 0.3) is 0 Å². The summed E-state index contributed by atoms with van der Waals surface area (Å²) in [5.41, 5.74) is 0. The Hall–Kier alpha value is -0.170. The van der Waals surface area contributed by atoms with E-state index in [-0.39, 0.29) is 16.1 Å². The zero-order valence-electron chi connectivity index (χ0n) is 9.15. The lowest BCUT2D eigenvalue weighted by Gasteiger charge is -2.13. The Kier molecular flexibility index (Phi) is 3.77. The summed E-state index contributed by atoms with van der Waals surface area (Å²) in [7, 11) is -3.59. The number of halogens is 2. The molecule has 1 heterocycles. The first-order valence-electron chi connectivity index (χ1n) is 5.23. The highest BCUT2D eigenvalue weighted by molar-refractivity contribution is 9.10. The molecule has 4 nitrogen and oxygen atoms in total. The molecule has 94 valence electrons. The van der Waals surface area contributed by atoms with E-state index in [1.54, 1.807) is 0 Å². The molecule has 0 saturated heterocycles. The van der Waals surface area contributed by atoms with Crippen LogP contribution in [-0.4, -0.2) is 19.4 Å². The summed E-state index contributed by atoms with van der Waals surface area (Å²) in [6.45, 7) is 1.87. The second-order valence-electron chi connectivity index (χ2n) is 4.19. The normalized spacial score (nSPS) is 18.1. The van der Waals surface area contributed by atoms with Crippen molar-refractivity contribution in [2.45, 2.75) is 30.7 Å². The molecular weight excluding hydrogens is 328 g/mol. The molecule has 0 spiro atoms. The topological polar surface area (TPSA) is 59.1 Å². The van der Waals surface area contributed by atoms with Crippen LogP contribution in [0.15, 0.2) is 21.6 Å². The predicted molar refractivity (Wildman–Crippen MR) is 69.5 cm³/mol. The molecule has 1 aromatic heterocycles. The van der Waals surface area contributed by atoms with E-state index in [9.17, 15) is 8.42 Å². The number of nitrogens with one attached hydrogen (secondary N) is 1. The van der Waals surface area contributed by atoms with Gasteiger partial charge in [0.1, 0.15) is 10.0 Å². The van der Waals surface area contributed by atoms with E-state index in [1.165, 1.54) is 12.3 Å². The fourth-order valence-electron chi connectivity index (χ4n) is 1.59. The van der Waals surface area contributed by atoms with Crippen molar-refractivity contribution in [1.29, 1.82) is 0 Å². The average Bonchev–Trinajstić information content (AvgIpc) is 3.04. The molecule has 0 amide bonds. The van der Waals surface area contributed by atoms with E-state index in [1.807, 2.05) is 6.92 Å². The van der Waals surface area contributed by atoms with E-state index in [0.717, 1.165) is 12.8 Å². The summed E-state index contributed by atoms with van der Waals surface area (Å²) in [4.78, 5) is 3.83. The summed E-state index contributed by atoms with van der Waals surface area (Å²) in [5.74, 6) is 0.448. The number of hydrogen-bond donors (Lipinski definition) is 1. The summed E-state index contributed by atoms with van der Waals surface area (Å²) >= 11 is 8.99. The van der Waals surface area contributed by atoms with Crippen LogP contribution in [0, 0.1) is 5.92 Å². The predicted octanol–water partition coefficient (Wildman–Crippen LogP) is 2.57. The molecule has 1 atom stereocenters. The highest BCUT2D eigenvalue weighted by Gasteiger charge is 2.32. The Morgan fingerprint density at radius 3 is 2.82 bits per heavy atom. The number of aromatic nitrogens is 1. The number of nitrogens with zero attached hydrogens (tertiary/aromatic N) is 1. The molecule has 7 heteroatoms. The van der Waals surface area contributed by atoms with Gasteiger partial charge in [-0.2, -0.15) is 0 Å². The highest BCUT2D eigenvalue weighted by atomic mass is 79.9. The second-order valence-corrected chi connectivity index (χ2v) is 7.15. The molecule has 0 bridgehead atoms. The minimum absolute atomic E-state index is 0.0105. The van der Waals surface area contributed by atoms with Crippen molar-refractivity contribution in [2.24, 2.45) is 5.92 Å². The third-order valence-electron chi connectivity index (χ3n) is 2.73. The van der Waals surface area contributed by atoms with Crippen molar-refractivity contribution < 1.29 is 8.42 Å². The second kappa shape index (κ2) is 4.84. The maximum atomic E-state index is 12.1. The Bertz CT molecular complexity index is 531. The van der Waals surface area contributed by atoms with Crippen LogP contribution in [0.1, 0.15) is 19.8 Å². The van der Waals surface area contributed by atoms with Gasteiger partial charge in [0, 0.05) is 16.7 Å². The van der Waals surface area contributed by atoms with Gasteiger partial charge in [0.15, 0.2) is 0 Å². The molecule has 17 heavy (non-hydrogen) atoms. The molecule has 0 aromatic carbocycles. The Balaban J connectivity index is 2.27. The smallest absolute Gasteiger partial charge is 0.242 e. The average molecular weight is 340 g/mol. The summed E-state index contributed by atoms with van der Waals surface area (Å²) in [6.07, 6.45) is 3.62. The molecule has 2 rings (SSSR count). The largest absolute Gasteiger partial charge is 0.243 e. The lowest BCUT2D eigenvalue weighted by Crippen LogP contribution is -2.34. The third-order valence-corrected chi connectivity index (χ3v) is 5.15. The summed E-state index contributed by atoms with van der Waals surface area (Å²) < 4.78 is 27.4. The fraction of sp³-hybridized carbons (Fsp3) is 0.500. The molecule has 1 N–H and O–H groups in total. The van der Waals surface area contributed by atoms with Gasteiger partial charge in [-0.1, -0.05) is 11.6 Å². The maximum Gasteiger partial charge on any atom is 0.243 e. The molecule has 1 saturated carbocycles. The monoisotopic (exact) mass is 338 g/mol. The molecular formula is C10H12BrClN2O2S. The van der Waals surface area contributed by atoms with Crippen LogP contribution in [0.4, 0.5) is 0 Å². The van der Waals surface area contributed by atoms with E-state index >= 15 is 0 Å². The van der Waals surface area contributed by atoms with Gasteiger partial charge >= 0.3 is 0 Å². The zero-order chi connectivity index (χ0) is 12.6. The Morgan fingerprint density at radius 2 is 2.24 bits per heavy atom. The van der Waals surface area contributed by atoms with E-state index in [2.05, 4.69) is 25.6 Å². The molecule has 1 aromatic rings. The van der Waals surface area contributed by atoms with Gasteiger partial charge in [-0.25, -0.2) is 18.1 Å². The minimum Gasteiger partial charge on any atom is -0.242 e. The Morgan fingerprint density at radius 1 is 1.59 bits per heavy atom. The number of pyridine rings is 1. The van der Waals surface area contributed by atoms with E-state index < -0.39 is 10.0 Å². The van der Waals surface area contributed by atoms with Crippen molar-refractivity contribution >= 4 is 37.6 Å². The van der Waals surface area contributed by atoms with Crippen LogP contribution in [0.3, 0.4) is 0 Å². The third kappa shape index (κ3) is 3.19. The highest BCUT2D eigenvalue weighted by Crippen LogP contribution is 2.33. The molecule has 1 aliphatic carbocycles. The number of sulfonamides is 1.